The summed E-state index contributed by atoms with van der Waals surface area (Å²) in [5.74, 6) is 1.13. The van der Waals surface area contributed by atoms with Crippen molar-refractivity contribution in [2.45, 2.75) is 38.5 Å². The molecule has 0 N–H and O–H groups in total. The van der Waals surface area contributed by atoms with Crippen molar-refractivity contribution in [3.63, 3.8) is 0 Å². The third kappa shape index (κ3) is 3.97. The van der Waals surface area contributed by atoms with Gasteiger partial charge in [-0.25, -0.2) is 0 Å². The number of likely N-dealkylation sites (tertiary alicyclic amines) is 2. The molecule has 154 valence electrons. The van der Waals surface area contributed by atoms with Gasteiger partial charge in [-0.1, -0.05) is 12.1 Å². The van der Waals surface area contributed by atoms with E-state index in [1.807, 2.05) is 6.20 Å². The maximum Gasteiger partial charge on any atom is 0.222 e. The summed E-state index contributed by atoms with van der Waals surface area (Å²) >= 11 is 0. The number of nitrogens with zero attached hydrogens (tertiary/aromatic N) is 4. The SMILES string of the molecule is O=C1CCCCN1CCN1CCC(CN2CCc3cncc4cccc2c34)CC1. The second kappa shape index (κ2) is 8.31. The Morgan fingerprint density at radius 1 is 0.931 bits per heavy atom. The smallest absolute Gasteiger partial charge is 0.222 e. The number of hydrogen-bond acceptors (Lipinski definition) is 4. The number of benzene rings is 1. The first-order chi connectivity index (χ1) is 14.3. The minimum absolute atomic E-state index is 0.362. The number of piperidine rings is 2. The Balaban J connectivity index is 1.16. The van der Waals surface area contributed by atoms with Crippen molar-refractivity contribution in [2.75, 3.05) is 50.7 Å². The Morgan fingerprint density at radius 3 is 2.69 bits per heavy atom. The van der Waals surface area contributed by atoms with E-state index in [1.165, 1.54) is 60.9 Å². The van der Waals surface area contributed by atoms with E-state index in [0.717, 1.165) is 51.4 Å². The van der Waals surface area contributed by atoms with Crippen LogP contribution < -0.4 is 4.90 Å². The lowest BCUT2D eigenvalue weighted by atomic mass is 9.93. The first-order valence-corrected chi connectivity index (χ1v) is 11.4. The highest BCUT2D eigenvalue weighted by molar-refractivity contribution is 5.97. The molecule has 0 aliphatic carbocycles. The van der Waals surface area contributed by atoms with E-state index in [0.29, 0.717) is 5.91 Å². The zero-order chi connectivity index (χ0) is 19.6. The van der Waals surface area contributed by atoms with Crippen LogP contribution in [0.5, 0.6) is 0 Å². The van der Waals surface area contributed by atoms with Crippen LogP contribution >= 0.6 is 0 Å². The van der Waals surface area contributed by atoms with E-state index in [-0.39, 0.29) is 0 Å². The molecule has 0 spiro atoms. The summed E-state index contributed by atoms with van der Waals surface area (Å²) in [6, 6.07) is 6.64. The quantitative estimate of drug-likeness (QED) is 0.783. The lowest BCUT2D eigenvalue weighted by molar-refractivity contribution is -0.133. The number of rotatable bonds is 5. The van der Waals surface area contributed by atoms with Gasteiger partial charge in [0.2, 0.25) is 5.91 Å². The second-order valence-corrected chi connectivity index (χ2v) is 8.99. The molecule has 5 heteroatoms. The Labute approximate surface area is 173 Å². The predicted octanol–water partition coefficient (Wildman–Crippen LogP) is 3.32. The molecule has 0 radical (unpaired) electrons. The summed E-state index contributed by atoms with van der Waals surface area (Å²) in [4.78, 5) is 23.7. The molecule has 2 fully saturated rings. The summed E-state index contributed by atoms with van der Waals surface area (Å²) in [7, 11) is 0. The van der Waals surface area contributed by atoms with E-state index >= 15 is 0 Å². The van der Waals surface area contributed by atoms with Crippen LogP contribution in [0.25, 0.3) is 10.8 Å². The van der Waals surface area contributed by atoms with Crippen LogP contribution in [0.4, 0.5) is 5.69 Å². The van der Waals surface area contributed by atoms with Gasteiger partial charge in [0.25, 0.3) is 0 Å². The molecular weight excluding hydrogens is 360 g/mol. The molecule has 0 bridgehead atoms. The van der Waals surface area contributed by atoms with Crippen LogP contribution in [0, 0.1) is 5.92 Å². The molecule has 5 nitrogen and oxygen atoms in total. The number of amides is 1. The largest absolute Gasteiger partial charge is 0.370 e. The van der Waals surface area contributed by atoms with Crippen LogP contribution in [-0.4, -0.2) is 66.5 Å². The van der Waals surface area contributed by atoms with Crippen molar-refractivity contribution in [2.24, 2.45) is 5.92 Å². The normalized spacial score (nSPS) is 21.2. The highest BCUT2D eigenvalue weighted by Crippen LogP contribution is 2.34. The standard InChI is InChI=1S/C24H32N4O/c29-23-6-1-2-10-27(23)15-14-26-11-7-19(8-12-26)18-28-13-9-21-17-25-16-20-4-3-5-22(28)24(20)21/h3-5,16-17,19H,1-2,6-15,18H2. The molecule has 0 saturated carbocycles. The maximum atomic E-state index is 12.0. The van der Waals surface area contributed by atoms with Crippen molar-refractivity contribution >= 4 is 22.4 Å². The van der Waals surface area contributed by atoms with E-state index < -0.39 is 0 Å². The molecule has 3 aliphatic rings. The molecule has 1 aromatic carbocycles. The van der Waals surface area contributed by atoms with Gasteiger partial charge in [0.1, 0.15) is 0 Å². The average Bonchev–Trinajstić information content (AvgIpc) is 2.76. The molecule has 0 unspecified atom stereocenters. The van der Waals surface area contributed by atoms with Gasteiger partial charge in [-0.15, -0.1) is 0 Å². The Kier molecular flexibility index (Phi) is 5.40. The number of aromatic nitrogens is 1. The average molecular weight is 393 g/mol. The number of carbonyl (C=O) groups is 1. The Hall–Kier alpha value is -2.14. The van der Waals surface area contributed by atoms with E-state index in [1.54, 1.807) is 0 Å². The van der Waals surface area contributed by atoms with E-state index in [9.17, 15) is 4.79 Å². The summed E-state index contributed by atoms with van der Waals surface area (Å²) in [5.41, 5.74) is 2.80. The van der Waals surface area contributed by atoms with Gasteiger partial charge >= 0.3 is 0 Å². The summed E-state index contributed by atoms with van der Waals surface area (Å²) < 4.78 is 0. The van der Waals surface area contributed by atoms with Gasteiger partial charge in [-0.05, 0) is 62.7 Å². The Bertz CT molecular complexity index is 869. The van der Waals surface area contributed by atoms with Crippen LogP contribution in [0.1, 0.15) is 37.7 Å². The molecular formula is C24H32N4O. The zero-order valence-electron chi connectivity index (χ0n) is 17.4. The molecule has 5 rings (SSSR count). The summed E-state index contributed by atoms with van der Waals surface area (Å²) in [6.07, 6.45) is 10.7. The fourth-order valence-corrected chi connectivity index (χ4v) is 5.37. The highest BCUT2D eigenvalue weighted by Gasteiger charge is 2.26. The molecule has 3 aliphatic heterocycles. The second-order valence-electron chi connectivity index (χ2n) is 8.99. The maximum absolute atomic E-state index is 12.0. The van der Waals surface area contributed by atoms with Crippen LogP contribution in [-0.2, 0) is 11.2 Å². The van der Waals surface area contributed by atoms with Gasteiger partial charge in [0.15, 0.2) is 0 Å². The first kappa shape index (κ1) is 18.9. The molecule has 4 heterocycles. The molecule has 1 amide bonds. The highest BCUT2D eigenvalue weighted by atomic mass is 16.2. The number of carbonyl (C=O) groups excluding carboxylic acids is 1. The van der Waals surface area contributed by atoms with Gasteiger partial charge in [-0.2, -0.15) is 0 Å². The minimum atomic E-state index is 0.362. The van der Waals surface area contributed by atoms with Crippen LogP contribution in [0.3, 0.4) is 0 Å². The topological polar surface area (TPSA) is 39.7 Å². The van der Waals surface area contributed by atoms with Crippen LogP contribution in [0.15, 0.2) is 30.6 Å². The van der Waals surface area contributed by atoms with Crippen molar-refractivity contribution in [3.05, 3.63) is 36.2 Å². The minimum Gasteiger partial charge on any atom is -0.370 e. The van der Waals surface area contributed by atoms with Gasteiger partial charge < -0.3 is 14.7 Å². The third-order valence-electron chi connectivity index (χ3n) is 7.12. The summed E-state index contributed by atoms with van der Waals surface area (Å²) in [6.45, 7) is 7.54. The molecule has 2 saturated heterocycles. The molecule has 29 heavy (non-hydrogen) atoms. The number of hydrogen-bond donors (Lipinski definition) is 0. The molecule has 1 aromatic heterocycles. The molecule has 0 atom stereocenters. The van der Waals surface area contributed by atoms with Crippen molar-refractivity contribution in [1.82, 2.24) is 14.8 Å². The Morgan fingerprint density at radius 2 is 1.83 bits per heavy atom. The number of pyridine rings is 1. The third-order valence-corrected chi connectivity index (χ3v) is 7.12. The predicted molar refractivity (Wildman–Crippen MR) is 117 cm³/mol. The van der Waals surface area contributed by atoms with Crippen molar-refractivity contribution in [3.8, 4) is 0 Å². The van der Waals surface area contributed by atoms with Crippen LogP contribution in [0.2, 0.25) is 0 Å². The summed E-state index contributed by atoms with van der Waals surface area (Å²) in [5, 5.41) is 2.68. The zero-order valence-corrected chi connectivity index (χ0v) is 17.4. The fraction of sp³-hybridized carbons (Fsp3) is 0.583. The van der Waals surface area contributed by atoms with E-state index in [2.05, 4.69) is 44.1 Å². The van der Waals surface area contributed by atoms with Crippen molar-refractivity contribution < 1.29 is 4.79 Å². The van der Waals surface area contributed by atoms with Gasteiger partial charge in [0, 0.05) is 68.0 Å². The first-order valence-electron chi connectivity index (χ1n) is 11.4. The van der Waals surface area contributed by atoms with Gasteiger partial charge in [-0.3, -0.25) is 9.78 Å². The lowest BCUT2D eigenvalue weighted by Crippen LogP contribution is -2.44. The molecule has 2 aromatic rings. The number of anilines is 1. The van der Waals surface area contributed by atoms with E-state index in [4.69, 9.17) is 0 Å². The van der Waals surface area contributed by atoms with Crippen molar-refractivity contribution in [1.29, 1.82) is 0 Å². The van der Waals surface area contributed by atoms with Gasteiger partial charge in [0.05, 0.1) is 0 Å². The fourth-order valence-electron chi connectivity index (χ4n) is 5.37. The lowest BCUT2D eigenvalue weighted by Gasteiger charge is -2.38. The monoisotopic (exact) mass is 392 g/mol.